The average Bonchev–Trinajstić information content (AvgIpc) is 2.38. The van der Waals surface area contributed by atoms with E-state index in [1.165, 1.54) is 12.7 Å². The van der Waals surface area contributed by atoms with E-state index in [0.29, 0.717) is 10.8 Å². The van der Waals surface area contributed by atoms with Crippen molar-refractivity contribution >= 4 is 0 Å². The van der Waals surface area contributed by atoms with Crippen LogP contribution in [0.4, 0.5) is 0 Å². The number of aliphatic hydroxyl groups excluding tert-OH is 1. The van der Waals surface area contributed by atoms with Gasteiger partial charge in [0.25, 0.3) is 0 Å². The van der Waals surface area contributed by atoms with E-state index in [-0.39, 0.29) is 0 Å². The Balaban J connectivity index is 2.60. The minimum Gasteiger partial charge on any atom is -0.516 e. The largest absolute Gasteiger partial charge is 0.516 e. The van der Waals surface area contributed by atoms with Gasteiger partial charge in [-0.15, -0.1) is 0 Å². The molecule has 0 spiro atoms. The Morgan fingerprint density at radius 1 is 1.43 bits per heavy atom. The molecule has 0 bridgehead atoms. The van der Waals surface area contributed by atoms with Gasteiger partial charge in [-0.05, 0) is 42.6 Å². The normalized spacial score (nSPS) is 31.0. The van der Waals surface area contributed by atoms with Gasteiger partial charge in [-0.1, -0.05) is 32.9 Å². The lowest BCUT2D eigenvalue weighted by atomic mass is 9.66. The standard InChI is InChI=1S/C13H22O/c1-11(10-14)6-9-13(4)8-5-7-12(13,2)3/h5,7,10,14H,6,8-9H2,1-4H3/b11-10+/t13-/m0/s1. The van der Waals surface area contributed by atoms with Gasteiger partial charge in [-0.3, -0.25) is 0 Å². The maximum Gasteiger partial charge on any atom is 0.0780 e. The molecule has 80 valence electrons. The number of hydrogen-bond acceptors (Lipinski definition) is 1. The van der Waals surface area contributed by atoms with Crippen molar-refractivity contribution in [3.63, 3.8) is 0 Å². The summed E-state index contributed by atoms with van der Waals surface area (Å²) in [6, 6.07) is 0. The van der Waals surface area contributed by atoms with Crippen LogP contribution in [0.5, 0.6) is 0 Å². The van der Waals surface area contributed by atoms with Crippen molar-refractivity contribution in [1.82, 2.24) is 0 Å². The van der Waals surface area contributed by atoms with E-state index in [4.69, 9.17) is 5.11 Å². The third-order valence-electron chi connectivity index (χ3n) is 3.95. The Morgan fingerprint density at radius 3 is 2.50 bits per heavy atom. The van der Waals surface area contributed by atoms with E-state index >= 15 is 0 Å². The molecule has 1 N–H and O–H groups in total. The van der Waals surface area contributed by atoms with Crippen molar-refractivity contribution in [2.45, 2.75) is 47.0 Å². The summed E-state index contributed by atoms with van der Waals surface area (Å²) in [4.78, 5) is 0. The highest BCUT2D eigenvalue weighted by molar-refractivity contribution is 5.13. The van der Waals surface area contributed by atoms with Gasteiger partial charge in [0.1, 0.15) is 0 Å². The van der Waals surface area contributed by atoms with E-state index in [1.54, 1.807) is 0 Å². The maximum atomic E-state index is 8.85. The van der Waals surface area contributed by atoms with Crippen molar-refractivity contribution in [3.8, 4) is 0 Å². The Kier molecular flexibility index (Phi) is 3.08. The molecule has 1 atom stereocenters. The molecule has 0 aliphatic heterocycles. The molecular formula is C13H22O. The molecule has 1 aliphatic carbocycles. The van der Waals surface area contributed by atoms with Crippen molar-refractivity contribution in [3.05, 3.63) is 24.0 Å². The third kappa shape index (κ3) is 2.02. The minimum absolute atomic E-state index is 0.294. The number of rotatable bonds is 3. The zero-order valence-corrected chi connectivity index (χ0v) is 9.80. The zero-order valence-electron chi connectivity index (χ0n) is 9.80. The van der Waals surface area contributed by atoms with Gasteiger partial charge in [-0.2, -0.15) is 0 Å². The molecule has 0 radical (unpaired) electrons. The van der Waals surface area contributed by atoms with Gasteiger partial charge >= 0.3 is 0 Å². The van der Waals surface area contributed by atoms with Crippen LogP contribution in [0.3, 0.4) is 0 Å². The lowest BCUT2D eigenvalue weighted by Crippen LogP contribution is -2.29. The number of hydrogen-bond donors (Lipinski definition) is 1. The zero-order chi connectivity index (χ0) is 10.8. The van der Waals surface area contributed by atoms with Gasteiger partial charge in [0.15, 0.2) is 0 Å². The molecule has 1 rings (SSSR count). The third-order valence-corrected chi connectivity index (χ3v) is 3.95. The molecule has 1 nitrogen and oxygen atoms in total. The molecule has 14 heavy (non-hydrogen) atoms. The Hall–Kier alpha value is -0.720. The van der Waals surface area contributed by atoms with Crippen molar-refractivity contribution in [1.29, 1.82) is 0 Å². The second-order valence-electron chi connectivity index (χ2n) is 5.36. The first kappa shape index (κ1) is 11.4. The molecule has 0 aromatic carbocycles. The maximum absolute atomic E-state index is 8.85. The fourth-order valence-corrected chi connectivity index (χ4v) is 2.04. The predicted octanol–water partition coefficient (Wildman–Crippen LogP) is 4.22. The molecule has 1 heteroatoms. The first-order chi connectivity index (χ1) is 6.41. The molecule has 0 unspecified atom stereocenters. The van der Waals surface area contributed by atoms with Gasteiger partial charge in [-0.25, -0.2) is 0 Å². The van der Waals surface area contributed by atoms with Gasteiger partial charge in [0.05, 0.1) is 6.26 Å². The highest BCUT2D eigenvalue weighted by Crippen LogP contribution is 2.51. The summed E-state index contributed by atoms with van der Waals surface area (Å²) in [5.41, 5.74) is 1.73. The van der Waals surface area contributed by atoms with Gasteiger partial charge < -0.3 is 5.11 Å². The van der Waals surface area contributed by atoms with Crippen LogP contribution >= 0.6 is 0 Å². The molecule has 0 aromatic rings. The van der Waals surface area contributed by atoms with Crippen LogP contribution < -0.4 is 0 Å². The number of allylic oxidation sites excluding steroid dienone is 3. The highest BCUT2D eigenvalue weighted by atomic mass is 16.2. The first-order valence-corrected chi connectivity index (χ1v) is 5.39. The van der Waals surface area contributed by atoms with E-state index in [2.05, 4.69) is 32.9 Å². The van der Waals surface area contributed by atoms with E-state index in [0.717, 1.165) is 18.4 Å². The van der Waals surface area contributed by atoms with Gasteiger partial charge in [0.2, 0.25) is 0 Å². The summed E-state index contributed by atoms with van der Waals surface area (Å²) in [7, 11) is 0. The summed E-state index contributed by atoms with van der Waals surface area (Å²) in [5.74, 6) is 0. The second-order valence-corrected chi connectivity index (χ2v) is 5.36. The van der Waals surface area contributed by atoms with Crippen LogP contribution in [0.25, 0.3) is 0 Å². The van der Waals surface area contributed by atoms with Crippen LogP contribution in [-0.2, 0) is 0 Å². The van der Waals surface area contributed by atoms with Crippen LogP contribution in [0.15, 0.2) is 24.0 Å². The quantitative estimate of drug-likeness (QED) is 0.527. The van der Waals surface area contributed by atoms with E-state index in [9.17, 15) is 0 Å². The minimum atomic E-state index is 0.294. The SMILES string of the molecule is C/C(=C\O)CC[C@]1(C)CC=CC1(C)C. The van der Waals surface area contributed by atoms with E-state index in [1.807, 2.05) is 6.92 Å². The lowest BCUT2D eigenvalue weighted by molar-refractivity contribution is 0.148. The molecular weight excluding hydrogens is 172 g/mol. The fourth-order valence-electron chi connectivity index (χ4n) is 2.04. The summed E-state index contributed by atoms with van der Waals surface area (Å²) in [5, 5.41) is 8.85. The molecule has 0 saturated heterocycles. The summed E-state index contributed by atoms with van der Waals surface area (Å²) in [6.07, 6.45) is 9.16. The van der Waals surface area contributed by atoms with Crippen LogP contribution in [0, 0.1) is 10.8 Å². The molecule has 0 fully saturated rings. The summed E-state index contributed by atoms with van der Waals surface area (Å²) in [6.45, 7) is 8.93. The van der Waals surface area contributed by atoms with Crippen molar-refractivity contribution in [2.75, 3.05) is 0 Å². The lowest BCUT2D eigenvalue weighted by Gasteiger charge is -2.38. The smallest absolute Gasteiger partial charge is 0.0780 e. The Bertz CT molecular complexity index is 260. The molecule has 1 aliphatic rings. The second kappa shape index (κ2) is 3.80. The monoisotopic (exact) mass is 194 g/mol. The molecule has 0 saturated carbocycles. The molecule has 0 heterocycles. The summed E-state index contributed by atoms with van der Waals surface area (Å²) < 4.78 is 0. The molecule has 0 amide bonds. The average molecular weight is 194 g/mol. The Morgan fingerprint density at radius 2 is 2.07 bits per heavy atom. The summed E-state index contributed by atoms with van der Waals surface area (Å²) >= 11 is 0. The first-order valence-electron chi connectivity index (χ1n) is 5.39. The van der Waals surface area contributed by atoms with Crippen LogP contribution in [0.1, 0.15) is 47.0 Å². The van der Waals surface area contributed by atoms with Crippen LogP contribution in [-0.4, -0.2) is 5.11 Å². The van der Waals surface area contributed by atoms with Crippen molar-refractivity contribution < 1.29 is 5.11 Å². The predicted molar refractivity (Wildman–Crippen MR) is 61.3 cm³/mol. The number of aliphatic hydroxyl groups is 1. The van der Waals surface area contributed by atoms with Gasteiger partial charge in [0, 0.05) is 0 Å². The Labute approximate surface area is 87.5 Å². The fraction of sp³-hybridized carbons (Fsp3) is 0.692. The topological polar surface area (TPSA) is 20.2 Å². The molecule has 0 aromatic heterocycles. The highest BCUT2D eigenvalue weighted by Gasteiger charge is 2.40. The van der Waals surface area contributed by atoms with Crippen LogP contribution in [0.2, 0.25) is 0 Å². The van der Waals surface area contributed by atoms with Crippen molar-refractivity contribution in [2.24, 2.45) is 10.8 Å². The van der Waals surface area contributed by atoms with E-state index < -0.39 is 0 Å².